The molecule has 0 saturated carbocycles. The number of hydrogen-bond acceptors (Lipinski definition) is 1. The topological polar surface area (TPSA) is 37.3 Å². The molecule has 0 rings (SSSR count). The summed E-state index contributed by atoms with van der Waals surface area (Å²) in [6.45, 7) is 3.45. The summed E-state index contributed by atoms with van der Waals surface area (Å²) in [5, 5.41) is 0. The smallest absolute Gasteiger partial charge is 0.191 e. The van der Waals surface area contributed by atoms with Gasteiger partial charge in [0, 0.05) is 5.66 Å². The first-order valence-electron chi connectivity index (χ1n) is 1.87. The molecule has 2 nitrogen and oxygen atoms in total. The molecule has 0 aromatic rings. The van der Waals surface area contributed by atoms with E-state index in [1.807, 2.05) is 0 Å². The maximum absolute atomic E-state index is 9.88. The highest BCUT2D eigenvalue weighted by atomic mass is 31.1. The summed E-state index contributed by atoms with van der Waals surface area (Å²) in [6.07, 6.45) is 0. The maximum Gasteiger partial charge on any atom is 0.191 e. The standard InChI is InChI=1S/C3H9O2P/c1-3(2)6(4)5/h3,6H,1-2H3,(H,4,5). The lowest BCUT2D eigenvalue weighted by Gasteiger charge is -1.91. The first kappa shape index (κ1) is 6.19. The van der Waals surface area contributed by atoms with E-state index >= 15 is 0 Å². The fraction of sp³-hybridized carbons (Fsp3) is 1.00. The van der Waals surface area contributed by atoms with Crippen LogP contribution in [0.15, 0.2) is 0 Å². The van der Waals surface area contributed by atoms with Gasteiger partial charge in [-0.1, -0.05) is 13.8 Å². The van der Waals surface area contributed by atoms with Gasteiger partial charge in [-0.15, -0.1) is 0 Å². The maximum atomic E-state index is 9.88. The first-order chi connectivity index (χ1) is 2.64. The lowest BCUT2D eigenvalue weighted by atomic mass is 10.6. The molecule has 38 valence electrons. The van der Waals surface area contributed by atoms with E-state index in [0.717, 1.165) is 0 Å². The largest absolute Gasteiger partial charge is 0.346 e. The minimum atomic E-state index is -2.20. The zero-order chi connectivity index (χ0) is 5.15. The van der Waals surface area contributed by atoms with E-state index in [4.69, 9.17) is 4.89 Å². The van der Waals surface area contributed by atoms with Crippen LogP contribution in [-0.2, 0) is 4.57 Å². The molecule has 0 fully saturated rings. The van der Waals surface area contributed by atoms with Crippen LogP contribution in [0.2, 0.25) is 0 Å². The fourth-order valence-corrected chi connectivity index (χ4v) is 0. The molecule has 0 amide bonds. The van der Waals surface area contributed by atoms with Gasteiger partial charge in [0.25, 0.3) is 0 Å². The minimum Gasteiger partial charge on any atom is -0.346 e. The van der Waals surface area contributed by atoms with Crippen LogP contribution in [0.4, 0.5) is 0 Å². The molecule has 0 aromatic carbocycles. The highest BCUT2D eigenvalue weighted by molar-refractivity contribution is 7.38. The average Bonchev–Trinajstić information content (AvgIpc) is 1.36. The predicted octanol–water partition coefficient (Wildman–Crippen LogP) is 0.862. The van der Waals surface area contributed by atoms with Gasteiger partial charge in [-0.3, -0.25) is 4.57 Å². The molecule has 0 heterocycles. The molecule has 1 atom stereocenters. The predicted molar refractivity (Wildman–Crippen MR) is 26.4 cm³/mol. The van der Waals surface area contributed by atoms with Crippen molar-refractivity contribution in [3.8, 4) is 0 Å². The van der Waals surface area contributed by atoms with Crippen molar-refractivity contribution in [3.63, 3.8) is 0 Å². The zero-order valence-electron chi connectivity index (χ0n) is 3.93. The van der Waals surface area contributed by atoms with Gasteiger partial charge in [-0.25, -0.2) is 0 Å². The van der Waals surface area contributed by atoms with Crippen LogP contribution in [-0.4, -0.2) is 10.6 Å². The van der Waals surface area contributed by atoms with E-state index < -0.39 is 8.03 Å². The zero-order valence-corrected chi connectivity index (χ0v) is 4.93. The summed E-state index contributed by atoms with van der Waals surface area (Å²) in [6, 6.07) is 0. The summed E-state index contributed by atoms with van der Waals surface area (Å²) in [7, 11) is -2.20. The van der Waals surface area contributed by atoms with Crippen LogP contribution in [0.5, 0.6) is 0 Å². The molecule has 1 N–H and O–H groups in total. The Bertz CT molecular complexity index is 59.8. The summed E-state index contributed by atoms with van der Waals surface area (Å²) >= 11 is 0. The number of rotatable bonds is 1. The lowest BCUT2D eigenvalue weighted by Crippen LogP contribution is -1.81. The Balaban J connectivity index is 3.26. The van der Waals surface area contributed by atoms with Crippen molar-refractivity contribution in [1.82, 2.24) is 0 Å². The molecule has 0 spiro atoms. The molecule has 6 heavy (non-hydrogen) atoms. The Kier molecular flexibility index (Phi) is 2.45. The molecule has 0 bridgehead atoms. The minimum absolute atomic E-state index is 0.0463. The Morgan fingerprint density at radius 1 is 1.67 bits per heavy atom. The van der Waals surface area contributed by atoms with Crippen molar-refractivity contribution < 1.29 is 9.46 Å². The van der Waals surface area contributed by atoms with Gasteiger partial charge in [0.1, 0.15) is 0 Å². The van der Waals surface area contributed by atoms with Crippen molar-refractivity contribution in [3.05, 3.63) is 0 Å². The van der Waals surface area contributed by atoms with E-state index in [2.05, 4.69) is 0 Å². The van der Waals surface area contributed by atoms with Crippen molar-refractivity contribution >= 4 is 8.03 Å². The van der Waals surface area contributed by atoms with Crippen molar-refractivity contribution in [2.75, 3.05) is 0 Å². The van der Waals surface area contributed by atoms with Gasteiger partial charge in [0.05, 0.1) is 0 Å². The molecular weight excluding hydrogens is 99.0 g/mol. The van der Waals surface area contributed by atoms with E-state index in [0.29, 0.717) is 0 Å². The normalized spacial score (nSPS) is 15.3. The Morgan fingerprint density at radius 2 is 1.83 bits per heavy atom. The molecule has 0 aliphatic heterocycles. The molecule has 0 aliphatic rings. The molecule has 0 radical (unpaired) electrons. The summed E-state index contributed by atoms with van der Waals surface area (Å²) in [5.41, 5.74) is -0.0463. The van der Waals surface area contributed by atoms with E-state index in [1.54, 1.807) is 13.8 Å². The van der Waals surface area contributed by atoms with Crippen molar-refractivity contribution in [2.24, 2.45) is 0 Å². The van der Waals surface area contributed by atoms with Crippen LogP contribution in [0.25, 0.3) is 0 Å². The second kappa shape index (κ2) is 2.38. The highest BCUT2D eigenvalue weighted by Crippen LogP contribution is 2.19. The Morgan fingerprint density at radius 3 is 1.83 bits per heavy atom. The molecule has 3 heteroatoms. The average molecular weight is 108 g/mol. The second-order valence-electron chi connectivity index (χ2n) is 1.49. The summed E-state index contributed by atoms with van der Waals surface area (Å²) in [4.78, 5) is 8.18. The van der Waals surface area contributed by atoms with E-state index in [1.165, 1.54) is 0 Å². The Hall–Kier alpha value is 0.190. The summed E-state index contributed by atoms with van der Waals surface area (Å²) in [5.74, 6) is 0. The van der Waals surface area contributed by atoms with Gasteiger partial charge in [0.15, 0.2) is 8.03 Å². The van der Waals surface area contributed by atoms with Gasteiger partial charge >= 0.3 is 0 Å². The molecule has 0 aliphatic carbocycles. The van der Waals surface area contributed by atoms with Crippen LogP contribution >= 0.6 is 8.03 Å². The fourth-order valence-electron chi connectivity index (χ4n) is 0. The van der Waals surface area contributed by atoms with E-state index in [-0.39, 0.29) is 5.66 Å². The van der Waals surface area contributed by atoms with Crippen LogP contribution in [0.1, 0.15) is 13.8 Å². The van der Waals surface area contributed by atoms with Crippen LogP contribution in [0, 0.1) is 0 Å². The molecule has 1 unspecified atom stereocenters. The molecule has 0 aromatic heterocycles. The molecular formula is C3H9O2P. The van der Waals surface area contributed by atoms with Gasteiger partial charge in [-0.05, 0) is 0 Å². The van der Waals surface area contributed by atoms with Gasteiger partial charge in [0.2, 0.25) is 0 Å². The summed E-state index contributed by atoms with van der Waals surface area (Å²) < 4.78 is 9.88. The third-order valence-electron chi connectivity index (χ3n) is 0.494. The third kappa shape index (κ3) is 2.43. The van der Waals surface area contributed by atoms with Crippen molar-refractivity contribution in [2.45, 2.75) is 19.5 Å². The second-order valence-corrected chi connectivity index (χ2v) is 3.32. The highest BCUT2D eigenvalue weighted by Gasteiger charge is 1.95. The molecule has 0 saturated heterocycles. The van der Waals surface area contributed by atoms with Gasteiger partial charge < -0.3 is 4.89 Å². The SMILES string of the molecule is CC(C)[PH](=O)O. The lowest BCUT2D eigenvalue weighted by molar-refractivity contribution is 0.495. The Labute approximate surface area is 38.1 Å². The monoisotopic (exact) mass is 108 g/mol. The van der Waals surface area contributed by atoms with Crippen molar-refractivity contribution in [1.29, 1.82) is 0 Å². The van der Waals surface area contributed by atoms with E-state index in [9.17, 15) is 4.57 Å². The number of hydrogen-bond donors (Lipinski definition) is 1. The van der Waals surface area contributed by atoms with Crippen LogP contribution < -0.4 is 0 Å². The quantitative estimate of drug-likeness (QED) is 0.506. The van der Waals surface area contributed by atoms with Crippen LogP contribution in [0.3, 0.4) is 0 Å². The first-order valence-corrected chi connectivity index (χ1v) is 3.30. The third-order valence-corrected chi connectivity index (χ3v) is 1.48. The van der Waals surface area contributed by atoms with Gasteiger partial charge in [-0.2, -0.15) is 0 Å².